The summed E-state index contributed by atoms with van der Waals surface area (Å²) in [5, 5.41) is 25.6. The third kappa shape index (κ3) is 3.33. The van der Waals surface area contributed by atoms with Crippen LogP contribution in [0.4, 0.5) is 4.79 Å². The second-order valence-corrected chi connectivity index (χ2v) is 5.18. The van der Waals surface area contributed by atoms with Crippen LogP contribution in [0.5, 0.6) is 0 Å². The number of aryl methyl sites for hydroxylation is 2. The van der Waals surface area contributed by atoms with E-state index in [2.05, 4.69) is 10.4 Å². The van der Waals surface area contributed by atoms with E-state index >= 15 is 0 Å². The maximum atomic E-state index is 12.1. The van der Waals surface area contributed by atoms with E-state index in [0.717, 1.165) is 22.6 Å². The Labute approximate surface area is 122 Å². The van der Waals surface area contributed by atoms with Gasteiger partial charge in [0.25, 0.3) is 0 Å². The SMILES string of the molecule is CCc1nn(C)cc1CNC(=O)N1C[C@H](O)C[C@@H]1C(=O)O. The number of hydrogen-bond donors (Lipinski definition) is 3. The highest BCUT2D eigenvalue weighted by Crippen LogP contribution is 2.18. The van der Waals surface area contributed by atoms with Crippen LogP contribution in [0.3, 0.4) is 0 Å². The lowest BCUT2D eigenvalue weighted by molar-refractivity contribution is -0.141. The Hall–Kier alpha value is -2.09. The van der Waals surface area contributed by atoms with Gasteiger partial charge in [-0.2, -0.15) is 5.10 Å². The Morgan fingerprint density at radius 1 is 1.52 bits per heavy atom. The lowest BCUT2D eigenvalue weighted by Crippen LogP contribution is -2.46. The Balaban J connectivity index is 1.99. The first-order valence-electron chi connectivity index (χ1n) is 6.89. The summed E-state index contributed by atoms with van der Waals surface area (Å²) in [6, 6.07) is -1.45. The number of likely N-dealkylation sites (tertiary alicyclic amines) is 1. The van der Waals surface area contributed by atoms with Crippen molar-refractivity contribution in [1.29, 1.82) is 0 Å². The molecule has 8 nitrogen and oxygen atoms in total. The topological polar surface area (TPSA) is 108 Å². The zero-order valence-electron chi connectivity index (χ0n) is 12.1. The molecule has 1 saturated heterocycles. The third-order valence-electron chi connectivity index (χ3n) is 3.58. The van der Waals surface area contributed by atoms with Crippen LogP contribution < -0.4 is 5.32 Å². The fourth-order valence-corrected chi connectivity index (χ4v) is 2.57. The van der Waals surface area contributed by atoms with Gasteiger partial charge in [0.2, 0.25) is 0 Å². The van der Waals surface area contributed by atoms with Crippen LogP contribution in [-0.4, -0.2) is 55.6 Å². The zero-order chi connectivity index (χ0) is 15.6. The second kappa shape index (κ2) is 6.13. The van der Waals surface area contributed by atoms with Gasteiger partial charge in [-0.05, 0) is 6.42 Å². The molecule has 0 saturated carbocycles. The van der Waals surface area contributed by atoms with Crippen molar-refractivity contribution in [2.24, 2.45) is 7.05 Å². The number of amides is 2. The quantitative estimate of drug-likeness (QED) is 0.708. The number of rotatable bonds is 4. The van der Waals surface area contributed by atoms with Gasteiger partial charge in [-0.1, -0.05) is 6.92 Å². The van der Waals surface area contributed by atoms with E-state index in [9.17, 15) is 14.7 Å². The molecule has 1 aliphatic heterocycles. The highest BCUT2D eigenvalue weighted by atomic mass is 16.4. The van der Waals surface area contributed by atoms with Crippen molar-refractivity contribution in [3.05, 3.63) is 17.5 Å². The number of aliphatic hydroxyl groups excluding tert-OH is 1. The summed E-state index contributed by atoms with van der Waals surface area (Å²) >= 11 is 0. The number of aromatic nitrogens is 2. The molecule has 1 aromatic rings. The summed E-state index contributed by atoms with van der Waals surface area (Å²) in [5.74, 6) is -1.10. The van der Waals surface area contributed by atoms with E-state index in [1.54, 1.807) is 4.68 Å². The number of hydrogen-bond acceptors (Lipinski definition) is 4. The molecule has 1 aliphatic rings. The summed E-state index contributed by atoms with van der Waals surface area (Å²) in [6.07, 6.45) is 1.86. The fraction of sp³-hybridized carbons (Fsp3) is 0.615. The van der Waals surface area contributed by atoms with Crippen LogP contribution in [0.15, 0.2) is 6.20 Å². The third-order valence-corrected chi connectivity index (χ3v) is 3.58. The van der Waals surface area contributed by atoms with Gasteiger partial charge in [0.05, 0.1) is 11.8 Å². The molecule has 0 unspecified atom stereocenters. The van der Waals surface area contributed by atoms with Crippen molar-refractivity contribution in [2.75, 3.05) is 6.54 Å². The largest absolute Gasteiger partial charge is 0.480 e. The molecule has 0 aromatic carbocycles. The van der Waals surface area contributed by atoms with Gasteiger partial charge in [-0.25, -0.2) is 9.59 Å². The van der Waals surface area contributed by atoms with Gasteiger partial charge in [0.1, 0.15) is 6.04 Å². The number of carbonyl (C=O) groups is 2. The van der Waals surface area contributed by atoms with Gasteiger partial charge in [0.15, 0.2) is 0 Å². The Morgan fingerprint density at radius 2 is 2.24 bits per heavy atom. The maximum Gasteiger partial charge on any atom is 0.326 e. The predicted octanol–water partition coefficient (Wildman–Crippen LogP) is -0.288. The molecule has 21 heavy (non-hydrogen) atoms. The predicted molar refractivity (Wildman–Crippen MR) is 73.6 cm³/mol. The molecule has 8 heteroatoms. The van der Waals surface area contributed by atoms with E-state index in [0.29, 0.717) is 0 Å². The fourth-order valence-electron chi connectivity index (χ4n) is 2.57. The number of β-amino-alcohol motifs (C(OH)–C–C–N with tert-alkyl or cyclic N) is 1. The number of carbonyl (C=O) groups excluding carboxylic acids is 1. The molecule has 2 atom stereocenters. The van der Waals surface area contributed by atoms with Crippen molar-refractivity contribution in [3.63, 3.8) is 0 Å². The van der Waals surface area contributed by atoms with Gasteiger partial charge in [0, 0.05) is 38.3 Å². The van der Waals surface area contributed by atoms with E-state index in [1.165, 1.54) is 0 Å². The number of aliphatic hydroxyl groups is 1. The molecular weight excluding hydrogens is 276 g/mol. The summed E-state index contributed by atoms with van der Waals surface area (Å²) in [6.45, 7) is 2.30. The standard InChI is InChI=1S/C13H20N4O4/c1-3-10-8(6-16(2)15-10)5-14-13(21)17-7-9(18)4-11(17)12(19)20/h6,9,11,18H,3-5,7H2,1-2H3,(H,14,21)(H,19,20)/t9-,11-/m1/s1. The minimum atomic E-state index is -1.10. The van der Waals surface area contributed by atoms with Gasteiger partial charge < -0.3 is 20.4 Å². The first kappa shape index (κ1) is 15.3. The molecule has 2 rings (SSSR count). The van der Waals surface area contributed by atoms with E-state index < -0.39 is 24.1 Å². The molecule has 1 aromatic heterocycles. The molecule has 2 heterocycles. The lowest BCUT2D eigenvalue weighted by Gasteiger charge is -2.21. The van der Waals surface area contributed by atoms with Crippen LogP contribution in [-0.2, 0) is 24.8 Å². The van der Waals surface area contributed by atoms with Crippen LogP contribution >= 0.6 is 0 Å². The van der Waals surface area contributed by atoms with Crippen molar-refractivity contribution >= 4 is 12.0 Å². The first-order valence-corrected chi connectivity index (χ1v) is 6.89. The molecule has 0 bridgehead atoms. The van der Waals surface area contributed by atoms with Gasteiger partial charge in [-0.15, -0.1) is 0 Å². The van der Waals surface area contributed by atoms with Crippen molar-refractivity contribution in [2.45, 2.75) is 38.5 Å². The number of urea groups is 1. The van der Waals surface area contributed by atoms with Crippen molar-refractivity contribution in [1.82, 2.24) is 20.0 Å². The van der Waals surface area contributed by atoms with Crippen LogP contribution in [0.2, 0.25) is 0 Å². The average Bonchev–Trinajstić information content (AvgIpc) is 2.98. The highest BCUT2D eigenvalue weighted by molar-refractivity contribution is 5.83. The maximum absolute atomic E-state index is 12.1. The number of nitrogens with one attached hydrogen (secondary N) is 1. The molecule has 0 aliphatic carbocycles. The lowest BCUT2D eigenvalue weighted by atomic mass is 10.2. The summed E-state index contributed by atoms with van der Waals surface area (Å²) < 4.78 is 1.68. The van der Waals surface area contributed by atoms with Crippen LogP contribution in [0.1, 0.15) is 24.6 Å². The normalized spacial score (nSPS) is 21.6. The molecule has 1 fully saturated rings. The number of nitrogens with zero attached hydrogens (tertiary/aromatic N) is 3. The first-order chi connectivity index (χ1) is 9.92. The Bertz CT molecular complexity index is 542. The molecule has 0 spiro atoms. The Morgan fingerprint density at radius 3 is 2.86 bits per heavy atom. The number of aliphatic carboxylic acids is 1. The van der Waals surface area contributed by atoms with E-state index in [-0.39, 0.29) is 19.5 Å². The molecule has 3 N–H and O–H groups in total. The molecule has 116 valence electrons. The van der Waals surface area contributed by atoms with Gasteiger partial charge in [-0.3, -0.25) is 4.68 Å². The van der Waals surface area contributed by atoms with Gasteiger partial charge >= 0.3 is 12.0 Å². The summed E-state index contributed by atoms with van der Waals surface area (Å²) in [5.41, 5.74) is 1.80. The van der Waals surface area contributed by atoms with Crippen LogP contribution in [0, 0.1) is 0 Å². The van der Waals surface area contributed by atoms with Crippen molar-refractivity contribution < 1.29 is 19.8 Å². The smallest absolute Gasteiger partial charge is 0.326 e. The van der Waals surface area contributed by atoms with Crippen molar-refractivity contribution in [3.8, 4) is 0 Å². The highest BCUT2D eigenvalue weighted by Gasteiger charge is 2.38. The molecular formula is C13H20N4O4. The van der Waals surface area contributed by atoms with E-state index in [4.69, 9.17) is 5.11 Å². The van der Waals surface area contributed by atoms with E-state index in [1.807, 2.05) is 20.2 Å². The van der Waals surface area contributed by atoms with Crippen LogP contribution in [0.25, 0.3) is 0 Å². The second-order valence-electron chi connectivity index (χ2n) is 5.18. The summed E-state index contributed by atoms with van der Waals surface area (Å²) in [4.78, 5) is 24.4. The number of carboxylic acid groups (broad SMARTS) is 1. The zero-order valence-corrected chi connectivity index (χ0v) is 12.1. The summed E-state index contributed by atoms with van der Waals surface area (Å²) in [7, 11) is 1.81. The average molecular weight is 296 g/mol. The minimum Gasteiger partial charge on any atom is -0.480 e. The molecule has 2 amide bonds. The number of carboxylic acids is 1. The monoisotopic (exact) mass is 296 g/mol. The molecule has 0 radical (unpaired) electrons. The minimum absolute atomic E-state index is 0.0382. The Kier molecular flexibility index (Phi) is 4.46.